The average Bonchev–Trinajstić information content (AvgIpc) is 3.24. The van der Waals surface area contributed by atoms with Crippen LogP contribution in [-0.4, -0.2) is 53.6 Å². The lowest BCUT2D eigenvalue weighted by Crippen LogP contribution is -2.39. The number of aliphatic hydroxyl groups is 1. The van der Waals surface area contributed by atoms with Crippen LogP contribution in [0.2, 0.25) is 10.0 Å². The molecule has 1 N–H and O–H groups in total. The number of carbonyl (C=O) groups is 1. The molecule has 0 aromatic heterocycles. The Morgan fingerprint density at radius 1 is 1.27 bits per heavy atom. The van der Waals surface area contributed by atoms with E-state index in [0.717, 1.165) is 16.8 Å². The van der Waals surface area contributed by atoms with E-state index >= 15 is 0 Å². The van der Waals surface area contributed by atoms with Crippen molar-refractivity contribution in [2.45, 2.75) is 44.9 Å². The summed E-state index contributed by atoms with van der Waals surface area (Å²) in [5, 5.41) is 15.6. The third-order valence-corrected chi connectivity index (χ3v) is 5.87. The predicted molar refractivity (Wildman–Crippen MR) is 126 cm³/mol. The van der Waals surface area contributed by atoms with Crippen molar-refractivity contribution in [3.05, 3.63) is 69.5 Å². The molecule has 178 valence electrons. The molecular formula is C24H27Cl2FN2O4. The van der Waals surface area contributed by atoms with E-state index in [1.54, 1.807) is 24.3 Å². The maximum absolute atomic E-state index is 13.3. The molecule has 0 bridgehead atoms. The number of benzene rings is 2. The first-order valence-electron chi connectivity index (χ1n) is 10.8. The molecule has 0 saturated heterocycles. The zero-order valence-corrected chi connectivity index (χ0v) is 19.9. The summed E-state index contributed by atoms with van der Waals surface area (Å²) in [6, 6.07) is 11.5. The van der Waals surface area contributed by atoms with Gasteiger partial charge in [0.15, 0.2) is 0 Å². The van der Waals surface area contributed by atoms with E-state index in [0.29, 0.717) is 42.4 Å². The SMILES string of the molecule is CCCC(=O)OC[C@@H](O)CN(Cc1ccc(F)cc1)C[C@H]1CC(c2ccc(Cl)c(Cl)c2)=NO1. The molecule has 0 saturated carbocycles. The van der Waals surface area contributed by atoms with E-state index in [4.69, 9.17) is 32.8 Å². The van der Waals surface area contributed by atoms with Crippen LogP contribution < -0.4 is 0 Å². The minimum Gasteiger partial charge on any atom is -0.463 e. The Hall–Kier alpha value is -2.19. The second kappa shape index (κ2) is 12.3. The molecule has 0 radical (unpaired) electrons. The largest absolute Gasteiger partial charge is 0.463 e. The summed E-state index contributed by atoms with van der Waals surface area (Å²) < 4.78 is 18.4. The molecule has 0 amide bonds. The lowest BCUT2D eigenvalue weighted by atomic mass is 10.0. The van der Waals surface area contributed by atoms with E-state index < -0.39 is 6.10 Å². The topological polar surface area (TPSA) is 71.4 Å². The van der Waals surface area contributed by atoms with Gasteiger partial charge in [-0.05, 0) is 36.2 Å². The predicted octanol–water partition coefficient (Wildman–Crippen LogP) is 4.83. The molecule has 1 heterocycles. The van der Waals surface area contributed by atoms with Crippen molar-refractivity contribution in [2.75, 3.05) is 19.7 Å². The molecular weight excluding hydrogens is 470 g/mol. The van der Waals surface area contributed by atoms with Gasteiger partial charge in [-0.3, -0.25) is 9.69 Å². The van der Waals surface area contributed by atoms with Crippen LogP contribution >= 0.6 is 23.2 Å². The zero-order chi connectivity index (χ0) is 23.8. The first-order chi connectivity index (χ1) is 15.8. The van der Waals surface area contributed by atoms with Crippen LogP contribution in [0.1, 0.15) is 37.3 Å². The summed E-state index contributed by atoms with van der Waals surface area (Å²) in [5.74, 6) is -0.646. The Morgan fingerprint density at radius 3 is 2.73 bits per heavy atom. The van der Waals surface area contributed by atoms with Gasteiger partial charge in [0.05, 0.1) is 15.8 Å². The Bertz CT molecular complexity index is 971. The molecule has 6 nitrogen and oxygen atoms in total. The smallest absolute Gasteiger partial charge is 0.305 e. The van der Waals surface area contributed by atoms with E-state index in [-0.39, 0.29) is 31.0 Å². The number of carbonyl (C=O) groups excluding carboxylic acids is 1. The second-order valence-electron chi connectivity index (χ2n) is 8.01. The van der Waals surface area contributed by atoms with Gasteiger partial charge in [-0.15, -0.1) is 0 Å². The third kappa shape index (κ3) is 7.96. The van der Waals surface area contributed by atoms with Gasteiger partial charge < -0.3 is 14.7 Å². The van der Waals surface area contributed by atoms with Crippen LogP contribution in [0.15, 0.2) is 47.6 Å². The van der Waals surface area contributed by atoms with Gasteiger partial charge in [0.1, 0.15) is 24.6 Å². The molecule has 0 unspecified atom stereocenters. The number of hydrogen-bond acceptors (Lipinski definition) is 6. The highest BCUT2D eigenvalue weighted by atomic mass is 35.5. The molecule has 1 aliphatic rings. The van der Waals surface area contributed by atoms with Crippen LogP contribution in [-0.2, 0) is 20.9 Å². The quantitative estimate of drug-likeness (QED) is 0.451. The molecule has 0 aliphatic carbocycles. The summed E-state index contributed by atoms with van der Waals surface area (Å²) in [5.41, 5.74) is 2.48. The first kappa shape index (κ1) is 25.4. The van der Waals surface area contributed by atoms with Gasteiger partial charge in [-0.1, -0.05) is 53.5 Å². The number of oxime groups is 1. The maximum atomic E-state index is 13.3. The summed E-state index contributed by atoms with van der Waals surface area (Å²) >= 11 is 12.1. The standard InChI is InChI=1S/C24H27Cl2FN2O4/c1-2-3-24(31)32-15-19(30)13-29(12-16-4-7-18(27)8-5-16)14-20-11-23(28-33-20)17-6-9-21(25)22(26)10-17/h4-10,19-20,30H,2-3,11-15H2,1H3/t19-,20+/m0/s1. The van der Waals surface area contributed by atoms with E-state index in [1.807, 2.05) is 17.9 Å². The lowest BCUT2D eigenvalue weighted by Gasteiger charge is -2.27. The Kier molecular flexibility index (Phi) is 9.50. The van der Waals surface area contributed by atoms with Crippen LogP contribution in [0.5, 0.6) is 0 Å². The highest BCUT2D eigenvalue weighted by Crippen LogP contribution is 2.26. The molecule has 0 fully saturated rings. The van der Waals surface area contributed by atoms with Crippen molar-refractivity contribution in [1.82, 2.24) is 4.90 Å². The molecule has 33 heavy (non-hydrogen) atoms. The summed E-state index contributed by atoms with van der Waals surface area (Å²) in [6.45, 7) is 2.97. The number of nitrogens with zero attached hydrogens (tertiary/aromatic N) is 2. The van der Waals surface area contributed by atoms with Gasteiger partial charge in [0.2, 0.25) is 0 Å². The molecule has 2 aromatic rings. The monoisotopic (exact) mass is 496 g/mol. The molecule has 9 heteroatoms. The number of rotatable bonds is 11. The van der Waals surface area contributed by atoms with Crippen molar-refractivity contribution in [2.24, 2.45) is 5.16 Å². The van der Waals surface area contributed by atoms with Gasteiger partial charge in [0.25, 0.3) is 0 Å². The summed E-state index contributed by atoms with van der Waals surface area (Å²) in [4.78, 5) is 19.2. The summed E-state index contributed by atoms with van der Waals surface area (Å²) in [7, 11) is 0. The minimum absolute atomic E-state index is 0.0880. The lowest BCUT2D eigenvalue weighted by molar-refractivity contribution is -0.147. The van der Waals surface area contributed by atoms with E-state index in [2.05, 4.69) is 5.16 Å². The number of ether oxygens (including phenoxy) is 1. The Labute approximate surface area is 202 Å². The normalized spacial score (nSPS) is 16.4. The Morgan fingerprint density at radius 2 is 2.03 bits per heavy atom. The zero-order valence-electron chi connectivity index (χ0n) is 18.3. The molecule has 2 aromatic carbocycles. The molecule has 0 spiro atoms. The Balaban J connectivity index is 1.61. The van der Waals surface area contributed by atoms with Gasteiger partial charge in [-0.25, -0.2) is 4.39 Å². The van der Waals surface area contributed by atoms with Crippen LogP contribution in [0.3, 0.4) is 0 Å². The van der Waals surface area contributed by atoms with E-state index in [1.165, 1.54) is 12.1 Å². The van der Waals surface area contributed by atoms with E-state index in [9.17, 15) is 14.3 Å². The maximum Gasteiger partial charge on any atom is 0.305 e. The van der Waals surface area contributed by atoms with Crippen molar-refractivity contribution in [1.29, 1.82) is 0 Å². The van der Waals surface area contributed by atoms with Gasteiger partial charge in [-0.2, -0.15) is 0 Å². The fourth-order valence-electron chi connectivity index (χ4n) is 3.53. The van der Waals surface area contributed by atoms with Crippen LogP contribution in [0, 0.1) is 5.82 Å². The summed E-state index contributed by atoms with van der Waals surface area (Å²) in [6.07, 6.45) is 0.440. The molecule has 2 atom stereocenters. The van der Waals surface area contributed by atoms with Gasteiger partial charge in [0, 0.05) is 38.0 Å². The van der Waals surface area contributed by atoms with Crippen molar-refractivity contribution in [3.63, 3.8) is 0 Å². The third-order valence-electron chi connectivity index (χ3n) is 5.13. The highest BCUT2D eigenvalue weighted by Gasteiger charge is 2.26. The van der Waals surface area contributed by atoms with Gasteiger partial charge >= 0.3 is 5.97 Å². The minimum atomic E-state index is -0.872. The fourth-order valence-corrected chi connectivity index (χ4v) is 3.83. The average molecular weight is 497 g/mol. The second-order valence-corrected chi connectivity index (χ2v) is 8.82. The number of esters is 1. The molecule has 1 aliphatic heterocycles. The number of halogens is 3. The number of aliphatic hydroxyl groups excluding tert-OH is 1. The van der Waals surface area contributed by atoms with Crippen molar-refractivity contribution < 1.29 is 23.9 Å². The number of hydrogen-bond donors (Lipinski definition) is 1. The van der Waals surface area contributed by atoms with Crippen molar-refractivity contribution in [3.8, 4) is 0 Å². The van der Waals surface area contributed by atoms with Crippen molar-refractivity contribution >= 4 is 34.9 Å². The fraction of sp³-hybridized carbons (Fsp3) is 0.417. The molecule has 3 rings (SSSR count). The first-order valence-corrected chi connectivity index (χ1v) is 11.6. The van der Waals surface area contributed by atoms with Crippen LogP contribution in [0.4, 0.5) is 4.39 Å². The highest BCUT2D eigenvalue weighted by molar-refractivity contribution is 6.42. The van der Waals surface area contributed by atoms with Crippen LogP contribution in [0.25, 0.3) is 0 Å².